The van der Waals surface area contributed by atoms with Gasteiger partial charge in [0.15, 0.2) is 0 Å². The zero-order valence-corrected chi connectivity index (χ0v) is 13.2. The molecule has 0 unspecified atom stereocenters. The van der Waals surface area contributed by atoms with Gasteiger partial charge in [0, 0.05) is 12.7 Å². The van der Waals surface area contributed by atoms with Crippen LogP contribution < -0.4 is 5.32 Å². The predicted molar refractivity (Wildman–Crippen MR) is 80.2 cm³/mol. The summed E-state index contributed by atoms with van der Waals surface area (Å²) in [6.07, 6.45) is 4.14. The molecule has 21 heavy (non-hydrogen) atoms. The van der Waals surface area contributed by atoms with Crippen molar-refractivity contribution in [2.75, 3.05) is 0 Å². The van der Waals surface area contributed by atoms with E-state index in [0.717, 1.165) is 19.4 Å². The van der Waals surface area contributed by atoms with Crippen molar-refractivity contribution in [3.05, 3.63) is 17.5 Å². The molecule has 0 spiro atoms. The molecular formula is C15H25N3O3. The number of aliphatic carboxylic acids is 1. The van der Waals surface area contributed by atoms with E-state index in [1.807, 2.05) is 13.8 Å². The molecule has 6 nitrogen and oxygen atoms in total. The third kappa shape index (κ3) is 5.21. The highest BCUT2D eigenvalue weighted by Crippen LogP contribution is 2.10. The van der Waals surface area contributed by atoms with Crippen molar-refractivity contribution in [2.45, 2.75) is 59.5 Å². The monoisotopic (exact) mass is 295 g/mol. The lowest BCUT2D eigenvalue weighted by molar-refractivity contribution is -0.139. The fourth-order valence-electron chi connectivity index (χ4n) is 2.10. The first-order valence-electron chi connectivity index (χ1n) is 7.42. The van der Waals surface area contributed by atoms with E-state index >= 15 is 0 Å². The molecular weight excluding hydrogens is 270 g/mol. The summed E-state index contributed by atoms with van der Waals surface area (Å²) in [5.74, 6) is -1.18. The number of unbranched alkanes of at least 4 members (excludes halogenated alkanes) is 1. The first-order valence-corrected chi connectivity index (χ1v) is 7.42. The van der Waals surface area contributed by atoms with Crippen molar-refractivity contribution in [3.63, 3.8) is 0 Å². The summed E-state index contributed by atoms with van der Waals surface area (Å²) in [4.78, 5) is 23.4. The van der Waals surface area contributed by atoms with Crippen LogP contribution in [0.1, 0.15) is 56.1 Å². The van der Waals surface area contributed by atoms with Gasteiger partial charge in [0.25, 0.3) is 5.91 Å². The third-order valence-electron chi connectivity index (χ3n) is 3.24. The maximum Gasteiger partial charge on any atom is 0.326 e. The van der Waals surface area contributed by atoms with Crippen LogP contribution in [0, 0.1) is 12.8 Å². The van der Waals surface area contributed by atoms with Crippen LogP contribution in [0.4, 0.5) is 0 Å². The number of nitrogens with zero attached hydrogens (tertiary/aromatic N) is 2. The molecule has 118 valence electrons. The van der Waals surface area contributed by atoms with Gasteiger partial charge in [0.05, 0.1) is 11.3 Å². The summed E-state index contributed by atoms with van der Waals surface area (Å²) in [6.45, 7) is 8.47. The van der Waals surface area contributed by atoms with E-state index in [9.17, 15) is 14.7 Å². The van der Waals surface area contributed by atoms with E-state index in [-0.39, 0.29) is 11.8 Å². The minimum absolute atomic E-state index is 0.194. The molecule has 0 aliphatic carbocycles. The summed E-state index contributed by atoms with van der Waals surface area (Å²) in [5, 5.41) is 16.0. The first kappa shape index (κ1) is 17.2. The summed E-state index contributed by atoms with van der Waals surface area (Å²) < 4.78 is 1.74. The number of carbonyl (C=O) groups excluding carboxylic acids is 1. The van der Waals surface area contributed by atoms with Crippen molar-refractivity contribution in [2.24, 2.45) is 5.92 Å². The highest BCUT2D eigenvalue weighted by Gasteiger charge is 2.23. The highest BCUT2D eigenvalue weighted by molar-refractivity contribution is 5.97. The average Bonchev–Trinajstić information content (AvgIpc) is 2.76. The smallest absolute Gasteiger partial charge is 0.326 e. The molecule has 0 saturated heterocycles. The molecule has 1 atom stereocenters. The van der Waals surface area contributed by atoms with Crippen LogP contribution in [0.2, 0.25) is 0 Å². The van der Waals surface area contributed by atoms with Crippen molar-refractivity contribution in [1.29, 1.82) is 0 Å². The van der Waals surface area contributed by atoms with Crippen molar-refractivity contribution >= 4 is 11.9 Å². The standard InChI is InChI=1S/C15H25N3O3/c1-5-6-7-18-9-12(11(4)17-18)14(19)16-13(15(20)21)8-10(2)3/h9-10,13H,5-8H2,1-4H3,(H,16,19)(H,20,21)/t13-/m0/s1. The summed E-state index contributed by atoms with van der Waals surface area (Å²) >= 11 is 0. The minimum Gasteiger partial charge on any atom is -0.480 e. The SMILES string of the molecule is CCCCn1cc(C(=O)N[C@@H](CC(C)C)C(=O)O)c(C)n1. The fraction of sp³-hybridized carbons (Fsp3) is 0.667. The Balaban J connectivity index is 2.77. The van der Waals surface area contributed by atoms with Crippen LogP contribution in [-0.2, 0) is 11.3 Å². The molecule has 0 radical (unpaired) electrons. The number of carboxylic acid groups (broad SMARTS) is 1. The number of hydrogen-bond acceptors (Lipinski definition) is 3. The molecule has 1 aromatic rings. The lowest BCUT2D eigenvalue weighted by Gasteiger charge is -2.16. The molecule has 0 aromatic carbocycles. The first-order chi connectivity index (χ1) is 9.85. The van der Waals surface area contributed by atoms with E-state index in [1.165, 1.54) is 0 Å². The fourth-order valence-corrected chi connectivity index (χ4v) is 2.10. The molecule has 0 saturated carbocycles. The lowest BCUT2D eigenvalue weighted by Crippen LogP contribution is -2.41. The molecule has 1 aromatic heterocycles. The summed E-state index contributed by atoms with van der Waals surface area (Å²) in [6, 6.07) is -0.865. The Bertz CT molecular complexity index is 494. The second kappa shape index (κ2) is 7.81. The van der Waals surface area contributed by atoms with Crippen LogP contribution in [-0.4, -0.2) is 32.8 Å². The molecule has 1 amide bonds. The van der Waals surface area contributed by atoms with Crippen LogP contribution in [0.5, 0.6) is 0 Å². The van der Waals surface area contributed by atoms with Crippen LogP contribution >= 0.6 is 0 Å². The number of carbonyl (C=O) groups is 2. The van der Waals surface area contributed by atoms with E-state index in [0.29, 0.717) is 17.7 Å². The number of aromatic nitrogens is 2. The molecule has 2 N–H and O–H groups in total. The van der Waals surface area contributed by atoms with Crippen molar-refractivity contribution in [3.8, 4) is 0 Å². The van der Waals surface area contributed by atoms with Crippen molar-refractivity contribution in [1.82, 2.24) is 15.1 Å². The number of rotatable bonds is 8. The van der Waals surface area contributed by atoms with Gasteiger partial charge in [0.1, 0.15) is 6.04 Å². The highest BCUT2D eigenvalue weighted by atomic mass is 16.4. The molecule has 1 rings (SSSR count). The molecule has 0 aliphatic heterocycles. The minimum atomic E-state index is -1.01. The topological polar surface area (TPSA) is 84.2 Å². The Morgan fingerprint density at radius 3 is 2.62 bits per heavy atom. The van der Waals surface area contributed by atoms with Gasteiger partial charge < -0.3 is 10.4 Å². The van der Waals surface area contributed by atoms with Gasteiger partial charge in [-0.25, -0.2) is 4.79 Å². The Morgan fingerprint density at radius 2 is 2.10 bits per heavy atom. The quantitative estimate of drug-likeness (QED) is 0.770. The molecule has 0 fully saturated rings. The number of amides is 1. The van der Waals surface area contributed by atoms with E-state index in [1.54, 1.807) is 17.8 Å². The molecule has 0 bridgehead atoms. The molecule has 0 aliphatic rings. The largest absolute Gasteiger partial charge is 0.480 e. The maximum absolute atomic E-state index is 12.2. The normalized spacial score (nSPS) is 12.4. The van der Waals surface area contributed by atoms with Gasteiger partial charge >= 0.3 is 5.97 Å². The van der Waals surface area contributed by atoms with Gasteiger partial charge in [-0.15, -0.1) is 0 Å². The number of hydrogen-bond donors (Lipinski definition) is 2. The van der Waals surface area contributed by atoms with E-state index < -0.39 is 12.0 Å². The third-order valence-corrected chi connectivity index (χ3v) is 3.24. The van der Waals surface area contributed by atoms with Crippen LogP contribution in [0.3, 0.4) is 0 Å². The van der Waals surface area contributed by atoms with Gasteiger partial charge in [0.2, 0.25) is 0 Å². The molecule has 6 heteroatoms. The van der Waals surface area contributed by atoms with E-state index in [4.69, 9.17) is 0 Å². The average molecular weight is 295 g/mol. The Morgan fingerprint density at radius 1 is 1.43 bits per heavy atom. The summed E-state index contributed by atoms with van der Waals surface area (Å²) in [7, 11) is 0. The van der Waals surface area contributed by atoms with Gasteiger partial charge in [-0.05, 0) is 25.7 Å². The van der Waals surface area contributed by atoms with E-state index in [2.05, 4.69) is 17.3 Å². The Kier molecular flexibility index (Phi) is 6.39. The molecule has 1 heterocycles. The number of aryl methyl sites for hydroxylation is 2. The van der Waals surface area contributed by atoms with Crippen LogP contribution in [0.25, 0.3) is 0 Å². The van der Waals surface area contributed by atoms with Gasteiger partial charge in [-0.3, -0.25) is 9.48 Å². The zero-order chi connectivity index (χ0) is 16.0. The number of carboxylic acids is 1. The second-order valence-corrected chi connectivity index (χ2v) is 5.74. The Labute approximate surface area is 125 Å². The van der Waals surface area contributed by atoms with Gasteiger partial charge in [-0.1, -0.05) is 27.2 Å². The van der Waals surface area contributed by atoms with Gasteiger partial charge in [-0.2, -0.15) is 5.10 Å². The number of nitrogens with one attached hydrogen (secondary N) is 1. The predicted octanol–water partition coefficient (Wildman–Crippen LogP) is 2.22. The lowest BCUT2D eigenvalue weighted by atomic mass is 10.0. The second-order valence-electron chi connectivity index (χ2n) is 5.74. The summed E-state index contributed by atoms with van der Waals surface area (Å²) in [5.41, 5.74) is 1.07. The van der Waals surface area contributed by atoms with Crippen molar-refractivity contribution < 1.29 is 14.7 Å². The Hall–Kier alpha value is -1.85. The zero-order valence-electron chi connectivity index (χ0n) is 13.2. The van der Waals surface area contributed by atoms with Crippen LogP contribution in [0.15, 0.2) is 6.20 Å². The maximum atomic E-state index is 12.2.